The number of amides is 1. The lowest BCUT2D eigenvalue weighted by molar-refractivity contribution is -0.127. The number of nitrogens with one attached hydrogen (secondary N) is 1. The summed E-state index contributed by atoms with van der Waals surface area (Å²) in [5.41, 5.74) is 3.52. The predicted molar refractivity (Wildman–Crippen MR) is 96.7 cm³/mol. The summed E-state index contributed by atoms with van der Waals surface area (Å²) >= 11 is 3.38. The lowest BCUT2D eigenvalue weighted by Gasteiger charge is -2.20. The van der Waals surface area contributed by atoms with Crippen LogP contribution in [0.3, 0.4) is 0 Å². The number of carbonyl (C=O) groups excluding carboxylic acids is 1. The van der Waals surface area contributed by atoms with Crippen molar-refractivity contribution in [2.45, 2.75) is 39.8 Å². The van der Waals surface area contributed by atoms with Crippen LogP contribution in [0.4, 0.5) is 0 Å². The normalized spacial score (nSPS) is 13.3. The van der Waals surface area contributed by atoms with Gasteiger partial charge in [0.05, 0.1) is 6.04 Å². The third-order valence-electron chi connectivity index (χ3n) is 3.75. The van der Waals surface area contributed by atoms with E-state index in [1.54, 1.807) is 6.92 Å². The van der Waals surface area contributed by atoms with Crippen LogP contribution in [0, 0.1) is 13.8 Å². The zero-order valence-corrected chi connectivity index (χ0v) is 15.5. The van der Waals surface area contributed by atoms with E-state index in [4.69, 9.17) is 4.74 Å². The average Bonchev–Trinajstić information content (AvgIpc) is 2.49. The van der Waals surface area contributed by atoms with Crippen LogP contribution >= 0.6 is 15.9 Å². The summed E-state index contributed by atoms with van der Waals surface area (Å²) in [6.45, 7) is 7.87. The van der Waals surface area contributed by atoms with Crippen LogP contribution in [0.25, 0.3) is 0 Å². The molecule has 0 aliphatic rings. The molecule has 0 radical (unpaired) electrons. The summed E-state index contributed by atoms with van der Waals surface area (Å²) in [5, 5.41) is 3.01. The summed E-state index contributed by atoms with van der Waals surface area (Å²) in [6.07, 6.45) is -0.552. The highest BCUT2D eigenvalue weighted by molar-refractivity contribution is 9.10. The van der Waals surface area contributed by atoms with Crippen molar-refractivity contribution in [2.75, 3.05) is 0 Å². The number of halogens is 1. The van der Waals surface area contributed by atoms with Gasteiger partial charge in [-0.05, 0) is 63.1 Å². The Kier molecular flexibility index (Phi) is 5.83. The molecule has 0 heterocycles. The minimum atomic E-state index is -0.552. The minimum absolute atomic E-state index is 0.0564. The second kappa shape index (κ2) is 7.64. The van der Waals surface area contributed by atoms with Crippen LogP contribution in [0.2, 0.25) is 0 Å². The largest absolute Gasteiger partial charge is 0.481 e. The van der Waals surface area contributed by atoms with Crippen molar-refractivity contribution in [1.29, 1.82) is 0 Å². The van der Waals surface area contributed by atoms with Gasteiger partial charge < -0.3 is 10.1 Å². The second-order valence-corrected chi connectivity index (χ2v) is 6.72. The molecule has 2 atom stereocenters. The van der Waals surface area contributed by atoms with Gasteiger partial charge in [-0.1, -0.05) is 39.7 Å². The average molecular weight is 376 g/mol. The van der Waals surface area contributed by atoms with Crippen molar-refractivity contribution in [3.05, 3.63) is 63.6 Å². The Hall–Kier alpha value is -1.81. The van der Waals surface area contributed by atoms with Crippen LogP contribution < -0.4 is 10.1 Å². The van der Waals surface area contributed by atoms with Crippen molar-refractivity contribution in [2.24, 2.45) is 0 Å². The summed E-state index contributed by atoms with van der Waals surface area (Å²) in [5.74, 6) is 0.551. The molecular weight excluding hydrogens is 354 g/mol. The predicted octanol–water partition coefficient (Wildman–Crippen LogP) is 4.71. The van der Waals surface area contributed by atoms with Gasteiger partial charge in [0.2, 0.25) is 0 Å². The number of ether oxygens (including phenoxy) is 1. The van der Waals surface area contributed by atoms with Crippen molar-refractivity contribution in [3.8, 4) is 5.75 Å². The molecule has 3 nitrogen and oxygen atoms in total. The van der Waals surface area contributed by atoms with Crippen LogP contribution in [-0.4, -0.2) is 12.0 Å². The Balaban J connectivity index is 1.98. The van der Waals surface area contributed by atoms with E-state index in [1.165, 1.54) is 11.1 Å². The van der Waals surface area contributed by atoms with Crippen molar-refractivity contribution in [1.82, 2.24) is 5.32 Å². The van der Waals surface area contributed by atoms with Crippen LogP contribution in [0.15, 0.2) is 46.9 Å². The standard InChI is InChI=1S/C19H22BrNO2/c1-12-5-10-18(13(2)11-12)14(3)21-19(22)15(4)23-17-8-6-16(20)7-9-17/h5-11,14-15H,1-4H3,(H,21,22). The molecule has 2 aromatic carbocycles. The van der Waals surface area contributed by atoms with E-state index < -0.39 is 6.10 Å². The fourth-order valence-corrected chi connectivity index (χ4v) is 2.76. The third-order valence-corrected chi connectivity index (χ3v) is 4.27. The first-order chi connectivity index (χ1) is 10.9. The maximum Gasteiger partial charge on any atom is 0.261 e. The molecule has 4 heteroatoms. The number of benzene rings is 2. The molecule has 0 bridgehead atoms. The van der Waals surface area contributed by atoms with E-state index in [-0.39, 0.29) is 11.9 Å². The van der Waals surface area contributed by atoms with E-state index >= 15 is 0 Å². The van der Waals surface area contributed by atoms with E-state index in [2.05, 4.69) is 53.3 Å². The quantitative estimate of drug-likeness (QED) is 0.821. The van der Waals surface area contributed by atoms with Crippen LogP contribution in [0.1, 0.15) is 36.6 Å². The molecule has 1 N–H and O–H groups in total. The Morgan fingerprint density at radius 3 is 2.35 bits per heavy atom. The molecule has 2 aromatic rings. The molecule has 2 rings (SSSR count). The fourth-order valence-electron chi connectivity index (χ4n) is 2.49. The molecule has 23 heavy (non-hydrogen) atoms. The molecule has 0 aromatic heterocycles. The molecule has 122 valence electrons. The number of rotatable bonds is 5. The van der Waals surface area contributed by atoms with Crippen molar-refractivity contribution in [3.63, 3.8) is 0 Å². The van der Waals surface area contributed by atoms with Gasteiger partial charge in [0.15, 0.2) is 6.10 Å². The SMILES string of the molecule is Cc1ccc(C(C)NC(=O)C(C)Oc2ccc(Br)cc2)c(C)c1. The Bertz CT molecular complexity index is 682. The third kappa shape index (κ3) is 4.83. The number of carbonyl (C=O) groups is 1. The van der Waals surface area contributed by atoms with Crippen molar-refractivity contribution >= 4 is 21.8 Å². The topological polar surface area (TPSA) is 38.3 Å². The minimum Gasteiger partial charge on any atom is -0.481 e. The maximum atomic E-state index is 12.3. The number of hydrogen-bond acceptors (Lipinski definition) is 2. The molecule has 0 saturated heterocycles. The Labute approximate surface area is 146 Å². The van der Waals surface area contributed by atoms with Gasteiger partial charge in [0, 0.05) is 4.47 Å². The molecule has 0 fully saturated rings. The monoisotopic (exact) mass is 375 g/mol. The zero-order chi connectivity index (χ0) is 17.0. The number of aryl methyl sites for hydroxylation is 2. The Morgan fingerprint density at radius 1 is 1.09 bits per heavy atom. The van der Waals surface area contributed by atoms with E-state index in [9.17, 15) is 4.79 Å². The summed E-state index contributed by atoms with van der Waals surface area (Å²) < 4.78 is 6.66. The summed E-state index contributed by atoms with van der Waals surface area (Å²) in [4.78, 5) is 12.3. The van der Waals surface area contributed by atoms with Crippen molar-refractivity contribution < 1.29 is 9.53 Å². The first-order valence-electron chi connectivity index (χ1n) is 7.66. The van der Waals surface area contributed by atoms with Gasteiger partial charge in [-0.25, -0.2) is 0 Å². The van der Waals surface area contributed by atoms with Gasteiger partial charge in [-0.2, -0.15) is 0 Å². The first-order valence-corrected chi connectivity index (χ1v) is 8.46. The molecule has 2 unspecified atom stereocenters. The van der Waals surface area contributed by atoms with Gasteiger partial charge in [-0.3, -0.25) is 4.79 Å². The lowest BCUT2D eigenvalue weighted by atomic mass is 10.0. The second-order valence-electron chi connectivity index (χ2n) is 5.80. The highest BCUT2D eigenvalue weighted by Gasteiger charge is 2.18. The van der Waals surface area contributed by atoms with Gasteiger partial charge in [0.1, 0.15) is 5.75 Å². The molecule has 0 aliphatic heterocycles. The smallest absolute Gasteiger partial charge is 0.261 e. The Morgan fingerprint density at radius 2 is 1.74 bits per heavy atom. The maximum absolute atomic E-state index is 12.3. The van der Waals surface area contributed by atoms with Gasteiger partial charge in [-0.15, -0.1) is 0 Å². The van der Waals surface area contributed by atoms with E-state index in [0.29, 0.717) is 5.75 Å². The molecule has 0 aliphatic carbocycles. The summed E-state index contributed by atoms with van der Waals surface area (Å²) in [6, 6.07) is 13.6. The highest BCUT2D eigenvalue weighted by Crippen LogP contribution is 2.20. The van der Waals surface area contributed by atoms with Gasteiger partial charge in [0.25, 0.3) is 5.91 Å². The molecule has 1 amide bonds. The molecule has 0 saturated carbocycles. The number of hydrogen-bond donors (Lipinski definition) is 1. The molecule has 0 spiro atoms. The first kappa shape index (κ1) is 17.5. The fraction of sp³-hybridized carbons (Fsp3) is 0.316. The van der Waals surface area contributed by atoms with Crippen LogP contribution in [-0.2, 0) is 4.79 Å². The molecular formula is C19H22BrNO2. The highest BCUT2D eigenvalue weighted by atomic mass is 79.9. The lowest BCUT2D eigenvalue weighted by Crippen LogP contribution is -2.37. The van der Waals surface area contributed by atoms with E-state index in [0.717, 1.165) is 10.0 Å². The summed E-state index contributed by atoms with van der Waals surface area (Å²) in [7, 11) is 0. The zero-order valence-electron chi connectivity index (χ0n) is 13.9. The van der Waals surface area contributed by atoms with Crippen LogP contribution in [0.5, 0.6) is 5.75 Å². The van der Waals surface area contributed by atoms with Gasteiger partial charge >= 0.3 is 0 Å². The van der Waals surface area contributed by atoms with E-state index in [1.807, 2.05) is 31.2 Å².